The number of fused-ring (bicyclic) bond motifs is 5. The number of esters is 3. The highest BCUT2D eigenvalue weighted by Gasteiger charge is 2.64. The topological polar surface area (TPSA) is 116 Å². The number of ether oxygens (including phenoxy) is 3. The Morgan fingerprint density at radius 1 is 0.930 bits per heavy atom. The van der Waals surface area contributed by atoms with Crippen LogP contribution in [0.25, 0.3) is 0 Å². The zero-order valence-corrected chi connectivity index (χ0v) is 27.6. The number of carboxylic acids is 1. The third-order valence-corrected chi connectivity index (χ3v) is 12.8. The second-order valence-corrected chi connectivity index (χ2v) is 15.5. The number of rotatable bonds is 11. The molecule has 8 nitrogen and oxygen atoms in total. The summed E-state index contributed by atoms with van der Waals surface area (Å²) in [5.41, 5.74) is -0.230. The van der Waals surface area contributed by atoms with Gasteiger partial charge in [0.15, 0.2) is 0 Å². The van der Waals surface area contributed by atoms with Crippen LogP contribution in [0.5, 0.6) is 0 Å². The molecule has 0 spiro atoms. The van der Waals surface area contributed by atoms with Gasteiger partial charge in [0.1, 0.15) is 18.8 Å². The van der Waals surface area contributed by atoms with Gasteiger partial charge >= 0.3 is 23.9 Å². The summed E-state index contributed by atoms with van der Waals surface area (Å²) < 4.78 is 17.4. The van der Waals surface area contributed by atoms with Gasteiger partial charge in [-0.25, -0.2) is 0 Å². The maximum absolute atomic E-state index is 12.9. The lowest BCUT2D eigenvalue weighted by Crippen LogP contribution is -2.59. The summed E-state index contributed by atoms with van der Waals surface area (Å²) in [6, 6.07) is 0. The third kappa shape index (κ3) is 6.93. The van der Waals surface area contributed by atoms with Crippen molar-refractivity contribution in [3.05, 3.63) is 0 Å². The number of carbonyl (C=O) groups is 4. The molecule has 0 bridgehead atoms. The molecule has 0 aromatic carbocycles. The molecule has 4 saturated carbocycles. The molecule has 244 valence electrons. The zero-order valence-electron chi connectivity index (χ0n) is 27.6. The SMILES string of the molecule is CCC(C)(C)C(=O)OC1CCC2(C)C(C1)CC(OC(C)=O)C1C2CCC2(C)C(C(C)CCC(=O)OCCC(=O)O)CCC12. The minimum absolute atomic E-state index is 0.0766. The van der Waals surface area contributed by atoms with Gasteiger partial charge in [-0.2, -0.15) is 0 Å². The van der Waals surface area contributed by atoms with Gasteiger partial charge in [0.25, 0.3) is 0 Å². The van der Waals surface area contributed by atoms with Gasteiger partial charge in [-0.1, -0.05) is 27.7 Å². The van der Waals surface area contributed by atoms with Crippen molar-refractivity contribution < 1.29 is 38.5 Å². The quantitative estimate of drug-likeness (QED) is 0.199. The summed E-state index contributed by atoms with van der Waals surface area (Å²) in [6.07, 6.45) is 9.47. The average molecular weight is 605 g/mol. The lowest BCUT2D eigenvalue weighted by molar-refractivity contribution is -0.199. The van der Waals surface area contributed by atoms with Gasteiger partial charge in [-0.15, -0.1) is 0 Å². The fourth-order valence-electron chi connectivity index (χ4n) is 9.90. The molecular formula is C35H56O8. The van der Waals surface area contributed by atoms with E-state index in [1.54, 1.807) is 0 Å². The minimum Gasteiger partial charge on any atom is -0.481 e. The van der Waals surface area contributed by atoms with E-state index in [-0.39, 0.29) is 54.0 Å². The molecule has 1 N–H and O–H groups in total. The van der Waals surface area contributed by atoms with E-state index < -0.39 is 11.4 Å². The largest absolute Gasteiger partial charge is 0.481 e. The minimum atomic E-state index is -0.968. The van der Waals surface area contributed by atoms with Crippen LogP contribution in [-0.2, 0) is 33.4 Å². The Kier molecular flexibility index (Phi) is 10.3. The second-order valence-electron chi connectivity index (χ2n) is 15.5. The molecule has 4 aliphatic rings. The zero-order chi connectivity index (χ0) is 31.7. The number of carboxylic acid groups (broad SMARTS) is 1. The summed E-state index contributed by atoms with van der Waals surface area (Å²) in [5, 5.41) is 8.80. The van der Waals surface area contributed by atoms with E-state index in [9.17, 15) is 19.2 Å². The molecule has 0 aromatic heterocycles. The van der Waals surface area contributed by atoms with Crippen LogP contribution in [0.3, 0.4) is 0 Å². The monoisotopic (exact) mass is 604 g/mol. The van der Waals surface area contributed by atoms with Gasteiger partial charge in [0.2, 0.25) is 0 Å². The molecule has 0 amide bonds. The van der Waals surface area contributed by atoms with Crippen LogP contribution in [0.4, 0.5) is 0 Å². The van der Waals surface area contributed by atoms with Gasteiger partial charge in [0.05, 0.1) is 11.8 Å². The Morgan fingerprint density at radius 3 is 2.26 bits per heavy atom. The summed E-state index contributed by atoms with van der Waals surface area (Å²) in [5.74, 6) is 0.804. The Hall–Kier alpha value is -2.12. The average Bonchev–Trinajstić information content (AvgIpc) is 3.29. The molecule has 43 heavy (non-hydrogen) atoms. The Morgan fingerprint density at radius 2 is 1.60 bits per heavy atom. The van der Waals surface area contributed by atoms with E-state index in [1.165, 1.54) is 6.92 Å². The van der Waals surface area contributed by atoms with E-state index in [0.29, 0.717) is 41.9 Å². The van der Waals surface area contributed by atoms with Crippen molar-refractivity contribution in [3.8, 4) is 0 Å². The first-order chi connectivity index (χ1) is 20.1. The number of aliphatic carboxylic acids is 1. The van der Waals surface area contributed by atoms with Crippen LogP contribution >= 0.6 is 0 Å². The molecule has 0 aromatic rings. The lowest BCUT2D eigenvalue weighted by atomic mass is 9.43. The van der Waals surface area contributed by atoms with Crippen molar-refractivity contribution in [1.29, 1.82) is 0 Å². The van der Waals surface area contributed by atoms with Crippen molar-refractivity contribution in [2.24, 2.45) is 51.8 Å². The van der Waals surface area contributed by atoms with E-state index >= 15 is 0 Å². The van der Waals surface area contributed by atoms with Gasteiger partial charge in [-0.05, 0) is 118 Å². The van der Waals surface area contributed by atoms with E-state index in [0.717, 1.165) is 64.2 Å². The van der Waals surface area contributed by atoms with Crippen molar-refractivity contribution in [3.63, 3.8) is 0 Å². The number of hydrogen-bond donors (Lipinski definition) is 1. The van der Waals surface area contributed by atoms with Crippen LogP contribution in [-0.4, -0.2) is 47.8 Å². The summed E-state index contributed by atoms with van der Waals surface area (Å²) in [4.78, 5) is 48.3. The Labute approximate surface area is 258 Å². The highest BCUT2D eigenvalue weighted by Crippen LogP contribution is 2.69. The fraction of sp³-hybridized carbons (Fsp3) is 0.886. The van der Waals surface area contributed by atoms with E-state index in [4.69, 9.17) is 19.3 Å². The summed E-state index contributed by atoms with van der Waals surface area (Å²) >= 11 is 0. The lowest BCUT2D eigenvalue weighted by Gasteiger charge is -2.62. The van der Waals surface area contributed by atoms with Gasteiger partial charge in [-0.3, -0.25) is 19.2 Å². The van der Waals surface area contributed by atoms with E-state index in [1.807, 2.05) is 20.8 Å². The molecule has 0 radical (unpaired) electrons. The predicted octanol–water partition coefficient (Wildman–Crippen LogP) is 6.97. The highest BCUT2D eigenvalue weighted by molar-refractivity contribution is 5.76. The summed E-state index contributed by atoms with van der Waals surface area (Å²) in [6.45, 7) is 14.5. The first kappa shape index (κ1) is 33.8. The predicted molar refractivity (Wildman–Crippen MR) is 162 cm³/mol. The first-order valence-corrected chi connectivity index (χ1v) is 16.9. The molecule has 0 aliphatic heterocycles. The summed E-state index contributed by atoms with van der Waals surface area (Å²) in [7, 11) is 0. The van der Waals surface area contributed by atoms with Crippen LogP contribution in [0.2, 0.25) is 0 Å². The van der Waals surface area contributed by atoms with Crippen LogP contribution in [0, 0.1) is 51.8 Å². The normalized spacial score (nSPS) is 37.7. The maximum atomic E-state index is 12.9. The molecule has 10 unspecified atom stereocenters. The first-order valence-electron chi connectivity index (χ1n) is 16.9. The van der Waals surface area contributed by atoms with Crippen molar-refractivity contribution in [2.75, 3.05) is 6.61 Å². The maximum Gasteiger partial charge on any atom is 0.311 e. The van der Waals surface area contributed by atoms with E-state index in [2.05, 4.69) is 20.8 Å². The second kappa shape index (κ2) is 13.1. The van der Waals surface area contributed by atoms with Gasteiger partial charge < -0.3 is 19.3 Å². The molecule has 4 rings (SSSR count). The van der Waals surface area contributed by atoms with Crippen molar-refractivity contribution in [2.45, 2.75) is 138 Å². The fourth-order valence-corrected chi connectivity index (χ4v) is 9.90. The van der Waals surface area contributed by atoms with Crippen molar-refractivity contribution in [1.82, 2.24) is 0 Å². The molecule has 4 aliphatic carbocycles. The van der Waals surface area contributed by atoms with Gasteiger partial charge in [0, 0.05) is 19.3 Å². The molecule has 0 saturated heterocycles. The van der Waals surface area contributed by atoms with Crippen molar-refractivity contribution >= 4 is 23.9 Å². The standard InChI is InChI=1S/C35H56O8/c1-8-33(4,5)32(40)43-24-13-16-34(6)23(19-24)20-28(42-22(3)36)31-26-11-10-25(35(26,7)17-14-27(31)34)21(2)9-12-30(39)41-18-15-29(37)38/h21,23-28,31H,8-20H2,1-7H3,(H,37,38). The van der Waals surface area contributed by atoms with Crippen LogP contribution in [0.1, 0.15) is 126 Å². The molecular weight excluding hydrogens is 548 g/mol. The smallest absolute Gasteiger partial charge is 0.311 e. The molecule has 8 heteroatoms. The molecule has 10 atom stereocenters. The molecule has 0 heterocycles. The molecule has 4 fully saturated rings. The number of carbonyl (C=O) groups excluding carboxylic acids is 3. The van der Waals surface area contributed by atoms with Crippen LogP contribution in [0.15, 0.2) is 0 Å². The number of hydrogen-bond acceptors (Lipinski definition) is 7. The Bertz CT molecular complexity index is 1050. The highest BCUT2D eigenvalue weighted by atomic mass is 16.6. The third-order valence-electron chi connectivity index (χ3n) is 12.8. The Balaban J connectivity index is 1.47. The van der Waals surface area contributed by atoms with Crippen LogP contribution < -0.4 is 0 Å².